The van der Waals surface area contributed by atoms with Crippen LogP contribution >= 0.6 is 0 Å². The molecule has 2 N–H and O–H groups in total. The van der Waals surface area contributed by atoms with Gasteiger partial charge >= 0.3 is 0 Å². The standard InChI is InChI=1S/C18H26N2O5/c1-3-20(4-2)16-17(21)15(14-9-22-18(16)25-14)19-8-11-5-6-12-13(7-11)24-10-23-12/h5-7,14-19,21H,3-4,8-10H2,1-2H3/t14-,15-,16-,17+,18-/m1/s1. The van der Waals surface area contributed by atoms with E-state index in [0.717, 1.165) is 30.2 Å². The molecule has 5 atom stereocenters. The summed E-state index contributed by atoms with van der Waals surface area (Å²) in [5.74, 6) is 1.54. The quantitative estimate of drug-likeness (QED) is 0.782. The van der Waals surface area contributed by atoms with Crippen LogP contribution in [0.5, 0.6) is 11.5 Å². The van der Waals surface area contributed by atoms with E-state index in [2.05, 4.69) is 24.1 Å². The molecule has 4 rings (SSSR count). The van der Waals surface area contributed by atoms with Gasteiger partial charge in [0.05, 0.1) is 24.8 Å². The fourth-order valence-electron chi connectivity index (χ4n) is 3.97. The Morgan fingerprint density at radius 2 is 2.00 bits per heavy atom. The summed E-state index contributed by atoms with van der Waals surface area (Å²) in [5.41, 5.74) is 1.08. The molecule has 1 aromatic carbocycles. The number of aliphatic hydroxyl groups is 1. The zero-order valence-electron chi connectivity index (χ0n) is 14.7. The highest BCUT2D eigenvalue weighted by atomic mass is 16.7. The molecule has 0 aromatic heterocycles. The molecule has 0 radical (unpaired) electrons. The Kier molecular flexibility index (Phi) is 4.84. The average molecular weight is 350 g/mol. The van der Waals surface area contributed by atoms with E-state index in [1.54, 1.807) is 0 Å². The lowest BCUT2D eigenvalue weighted by Crippen LogP contribution is -2.64. The molecule has 3 aliphatic rings. The maximum atomic E-state index is 11.0. The lowest BCUT2D eigenvalue weighted by atomic mass is 9.94. The Morgan fingerprint density at radius 1 is 1.20 bits per heavy atom. The smallest absolute Gasteiger partial charge is 0.231 e. The largest absolute Gasteiger partial charge is 0.454 e. The Labute approximate surface area is 147 Å². The van der Waals surface area contributed by atoms with E-state index in [1.165, 1.54) is 0 Å². The predicted octanol–water partition coefficient (Wildman–Crippen LogP) is 0.700. The highest BCUT2D eigenvalue weighted by Crippen LogP contribution is 2.34. The fourth-order valence-corrected chi connectivity index (χ4v) is 3.97. The number of aliphatic hydroxyl groups excluding tert-OH is 1. The van der Waals surface area contributed by atoms with Crippen LogP contribution in [0.3, 0.4) is 0 Å². The topological polar surface area (TPSA) is 72.4 Å². The summed E-state index contributed by atoms with van der Waals surface area (Å²) in [7, 11) is 0. The van der Waals surface area contributed by atoms with Gasteiger partial charge in [-0.3, -0.25) is 4.90 Å². The Hall–Kier alpha value is -1.38. The third-order valence-electron chi connectivity index (χ3n) is 5.34. The van der Waals surface area contributed by atoms with Crippen LogP contribution in [0, 0.1) is 0 Å². The summed E-state index contributed by atoms with van der Waals surface area (Å²) < 4.78 is 22.6. The minimum Gasteiger partial charge on any atom is -0.454 e. The minimum atomic E-state index is -0.542. The fraction of sp³-hybridized carbons (Fsp3) is 0.667. The van der Waals surface area contributed by atoms with Crippen molar-refractivity contribution < 1.29 is 24.1 Å². The van der Waals surface area contributed by atoms with E-state index < -0.39 is 6.10 Å². The molecule has 0 amide bonds. The van der Waals surface area contributed by atoms with Crippen LogP contribution in [0.2, 0.25) is 0 Å². The molecule has 2 bridgehead atoms. The summed E-state index contributed by atoms with van der Waals surface area (Å²) in [4.78, 5) is 2.20. The maximum Gasteiger partial charge on any atom is 0.231 e. The lowest BCUT2D eigenvalue weighted by Gasteiger charge is -2.43. The van der Waals surface area contributed by atoms with Gasteiger partial charge < -0.3 is 29.4 Å². The molecule has 3 aliphatic heterocycles. The van der Waals surface area contributed by atoms with Gasteiger partial charge in [-0.05, 0) is 30.8 Å². The molecule has 2 fully saturated rings. The van der Waals surface area contributed by atoms with E-state index in [0.29, 0.717) is 13.2 Å². The van der Waals surface area contributed by atoms with Crippen molar-refractivity contribution in [3.05, 3.63) is 23.8 Å². The van der Waals surface area contributed by atoms with Gasteiger partial charge in [0, 0.05) is 6.54 Å². The molecule has 3 heterocycles. The van der Waals surface area contributed by atoms with Crippen molar-refractivity contribution in [2.24, 2.45) is 0 Å². The van der Waals surface area contributed by atoms with Gasteiger partial charge in [0.25, 0.3) is 0 Å². The SMILES string of the molecule is CCN(CC)[C@H]1[C@@H]2OC[C@@H](O2)[C@@H](NCc2ccc3c(c2)OCO3)[C@@H]1O. The Morgan fingerprint density at radius 3 is 2.80 bits per heavy atom. The van der Waals surface area contributed by atoms with Crippen molar-refractivity contribution in [2.45, 2.75) is 51.0 Å². The molecule has 25 heavy (non-hydrogen) atoms. The van der Waals surface area contributed by atoms with E-state index in [9.17, 15) is 5.11 Å². The van der Waals surface area contributed by atoms with Crippen molar-refractivity contribution in [3.8, 4) is 11.5 Å². The van der Waals surface area contributed by atoms with Crippen molar-refractivity contribution in [3.63, 3.8) is 0 Å². The van der Waals surface area contributed by atoms with E-state index >= 15 is 0 Å². The molecule has 7 nitrogen and oxygen atoms in total. The number of fused-ring (bicyclic) bond motifs is 3. The van der Waals surface area contributed by atoms with Gasteiger partial charge in [-0.25, -0.2) is 0 Å². The second-order valence-corrected chi connectivity index (χ2v) is 6.67. The maximum absolute atomic E-state index is 11.0. The molecule has 1 aromatic rings. The summed E-state index contributed by atoms with van der Waals surface area (Å²) >= 11 is 0. The van der Waals surface area contributed by atoms with Gasteiger partial charge in [-0.1, -0.05) is 19.9 Å². The van der Waals surface area contributed by atoms with Gasteiger partial charge in [0.2, 0.25) is 6.79 Å². The molecule has 0 spiro atoms. The highest BCUT2D eigenvalue weighted by molar-refractivity contribution is 5.44. The first kappa shape index (κ1) is 17.1. The van der Waals surface area contributed by atoms with Crippen LogP contribution in [0.25, 0.3) is 0 Å². The monoisotopic (exact) mass is 350 g/mol. The van der Waals surface area contributed by atoms with Crippen LogP contribution in [0.4, 0.5) is 0 Å². The Balaban J connectivity index is 1.45. The number of nitrogens with zero attached hydrogens (tertiary/aromatic N) is 1. The van der Waals surface area contributed by atoms with Gasteiger partial charge in [-0.15, -0.1) is 0 Å². The minimum absolute atomic E-state index is 0.124. The number of nitrogens with one attached hydrogen (secondary N) is 1. The summed E-state index contributed by atoms with van der Waals surface area (Å²) in [6.45, 7) is 7.28. The molecule has 0 unspecified atom stereocenters. The average Bonchev–Trinajstić information content (AvgIpc) is 3.26. The molecule has 7 heteroatoms. The molecule has 2 saturated heterocycles. The lowest BCUT2D eigenvalue weighted by molar-refractivity contribution is -0.181. The van der Waals surface area contributed by atoms with Crippen LogP contribution < -0.4 is 14.8 Å². The second kappa shape index (κ2) is 7.09. The first-order chi connectivity index (χ1) is 12.2. The molecular formula is C18H26N2O5. The third kappa shape index (κ3) is 3.11. The van der Waals surface area contributed by atoms with Gasteiger partial charge in [0.1, 0.15) is 6.10 Å². The van der Waals surface area contributed by atoms with Crippen molar-refractivity contribution >= 4 is 0 Å². The van der Waals surface area contributed by atoms with E-state index in [1.807, 2.05) is 18.2 Å². The van der Waals surface area contributed by atoms with E-state index in [4.69, 9.17) is 18.9 Å². The second-order valence-electron chi connectivity index (χ2n) is 6.67. The zero-order valence-corrected chi connectivity index (χ0v) is 14.7. The van der Waals surface area contributed by atoms with Crippen LogP contribution in [0.15, 0.2) is 18.2 Å². The van der Waals surface area contributed by atoms with Crippen LogP contribution in [-0.4, -0.2) is 67.1 Å². The van der Waals surface area contributed by atoms with Crippen molar-refractivity contribution in [1.82, 2.24) is 10.2 Å². The Bertz CT molecular complexity index is 607. The first-order valence-electron chi connectivity index (χ1n) is 9.02. The number of hydrogen-bond acceptors (Lipinski definition) is 7. The first-order valence-corrected chi connectivity index (χ1v) is 9.02. The van der Waals surface area contributed by atoms with Gasteiger partial charge in [-0.2, -0.15) is 0 Å². The number of rotatable bonds is 6. The van der Waals surface area contributed by atoms with Crippen molar-refractivity contribution in [2.75, 3.05) is 26.5 Å². The van der Waals surface area contributed by atoms with Crippen molar-refractivity contribution in [1.29, 1.82) is 0 Å². The molecular weight excluding hydrogens is 324 g/mol. The zero-order chi connectivity index (χ0) is 17.4. The molecule has 0 aliphatic carbocycles. The molecule has 138 valence electrons. The normalized spacial score (nSPS) is 33.2. The number of ether oxygens (including phenoxy) is 4. The summed E-state index contributed by atoms with van der Waals surface area (Å²) in [5, 5.41) is 14.4. The van der Waals surface area contributed by atoms with E-state index in [-0.39, 0.29) is 31.3 Å². The van der Waals surface area contributed by atoms with Gasteiger partial charge in [0.15, 0.2) is 17.8 Å². The molecule has 0 saturated carbocycles. The number of benzene rings is 1. The summed E-state index contributed by atoms with van der Waals surface area (Å²) in [6.07, 6.45) is -1.01. The number of hydrogen-bond donors (Lipinski definition) is 2. The summed E-state index contributed by atoms with van der Waals surface area (Å²) in [6, 6.07) is 5.58. The van der Waals surface area contributed by atoms with Crippen LogP contribution in [0.1, 0.15) is 19.4 Å². The number of likely N-dealkylation sites (N-methyl/N-ethyl adjacent to an activating group) is 1. The van der Waals surface area contributed by atoms with Crippen LogP contribution in [-0.2, 0) is 16.0 Å². The third-order valence-corrected chi connectivity index (χ3v) is 5.34. The highest BCUT2D eigenvalue weighted by Gasteiger charge is 2.51. The predicted molar refractivity (Wildman–Crippen MR) is 90.5 cm³/mol.